The first-order valence-electron chi connectivity index (χ1n) is 10.8. The van der Waals surface area contributed by atoms with Crippen molar-refractivity contribution in [3.05, 3.63) is 94.8 Å². The summed E-state index contributed by atoms with van der Waals surface area (Å²) < 4.78 is 24.3. The number of carbonyl (C=O) groups is 2. The molecule has 4 rings (SSSR count). The van der Waals surface area contributed by atoms with Gasteiger partial charge in [0.25, 0.3) is 11.7 Å². The Morgan fingerprint density at radius 2 is 1.71 bits per heavy atom. The molecule has 1 unspecified atom stereocenters. The van der Waals surface area contributed by atoms with Crippen molar-refractivity contribution in [2.75, 3.05) is 18.6 Å². The number of amides is 1. The van der Waals surface area contributed by atoms with Crippen LogP contribution in [-0.2, 0) is 9.59 Å². The molecule has 0 radical (unpaired) electrons. The van der Waals surface area contributed by atoms with E-state index in [2.05, 4.69) is 0 Å². The molecular formula is C27H24FNO5. The van der Waals surface area contributed by atoms with Crippen molar-refractivity contribution in [2.45, 2.75) is 19.9 Å². The number of ketones is 1. The van der Waals surface area contributed by atoms with Gasteiger partial charge in [0, 0.05) is 11.3 Å². The second-order valence-corrected chi connectivity index (χ2v) is 7.83. The Balaban J connectivity index is 1.89. The molecule has 7 heteroatoms. The Labute approximate surface area is 196 Å². The molecule has 1 aliphatic rings. The summed E-state index contributed by atoms with van der Waals surface area (Å²) in [6, 6.07) is 16.3. The van der Waals surface area contributed by atoms with Crippen LogP contribution in [0.25, 0.3) is 5.76 Å². The van der Waals surface area contributed by atoms with Gasteiger partial charge < -0.3 is 14.6 Å². The van der Waals surface area contributed by atoms with E-state index in [4.69, 9.17) is 9.47 Å². The highest BCUT2D eigenvalue weighted by atomic mass is 19.1. The number of halogens is 1. The predicted octanol–water partition coefficient (Wildman–Crippen LogP) is 5.17. The molecule has 174 valence electrons. The van der Waals surface area contributed by atoms with Crippen LogP contribution >= 0.6 is 0 Å². The highest BCUT2D eigenvalue weighted by molar-refractivity contribution is 6.51. The molecule has 1 atom stereocenters. The second-order valence-electron chi connectivity index (χ2n) is 7.83. The normalized spacial score (nSPS) is 17.2. The average Bonchev–Trinajstić information content (AvgIpc) is 3.11. The van der Waals surface area contributed by atoms with Gasteiger partial charge >= 0.3 is 0 Å². The van der Waals surface area contributed by atoms with Gasteiger partial charge in [0.05, 0.1) is 25.3 Å². The Kier molecular flexibility index (Phi) is 6.36. The number of carbonyl (C=O) groups excluding carboxylic acids is 2. The first-order valence-corrected chi connectivity index (χ1v) is 10.8. The van der Waals surface area contributed by atoms with Crippen LogP contribution in [0.3, 0.4) is 0 Å². The Hall–Kier alpha value is -4.13. The van der Waals surface area contributed by atoms with Gasteiger partial charge in [0.15, 0.2) is 0 Å². The number of aliphatic hydroxyl groups excluding tert-OH is 1. The van der Waals surface area contributed by atoms with E-state index >= 15 is 0 Å². The van der Waals surface area contributed by atoms with Gasteiger partial charge in [-0.2, -0.15) is 0 Å². The minimum absolute atomic E-state index is 0.0527. The summed E-state index contributed by atoms with van der Waals surface area (Å²) in [5, 5.41) is 11.2. The molecule has 3 aromatic rings. The Morgan fingerprint density at radius 3 is 2.29 bits per heavy atom. The number of rotatable bonds is 6. The summed E-state index contributed by atoms with van der Waals surface area (Å²) in [6.45, 7) is 4.20. The summed E-state index contributed by atoms with van der Waals surface area (Å²) in [5.74, 6) is -1.13. The fourth-order valence-corrected chi connectivity index (χ4v) is 4.07. The molecule has 0 saturated carbocycles. The number of aryl methyl sites for hydroxylation is 1. The molecule has 1 fully saturated rings. The summed E-state index contributed by atoms with van der Waals surface area (Å²) in [6.07, 6.45) is 0. The van der Waals surface area contributed by atoms with Crippen LogP contribution in [0, 0.1) is 12.7 Å². The van der Waals surface area contributed by atoms with Gasteiger partial charge in [-0.25, -0.2) is 4.39 Å². The topological polar surface area (TPSA) is 76.1 Å². The predicted molar refractivity (Wildman–Crippen MR) is 127 cm³/mol. The zero-order valence-electron chi connectivity index (χ0n) is 19.0. The lowest BCUT2D eigenvalue weighted by Crippen LogP contribution is -2.29. The lowest BCUT2D eigenvalue weighted by molar-refractivity contribution is -0.132. The largest absolute Gasteiger partial charge is 0.507 e. The van der Waals surface area contributed by atoms with E-state index in [1.807, 2.05) is 13.8 Å². The number of benzene rings is 3. The fourth-order valence-electron chi connectivity index (χ4n) is 4.07. The first kappa shape index (κ1) is 23.0. The zero-order chi connectivity index (χ0) is 24.4. The van der Waals surface area contributed by atoms with Crippen LogP contribution in [0.2, 0.25) is 0 Å². The van der Waals surface area contributed by atoms with Crippen LogP contribution in [0.1, 0.15) is 29.7 Å². The molecule has 34 heavy (non-hydrogen) atoms. The molecule has 0 aromatic heterocycles. The molecule has 1 heterocycles. The molecule has 6 nitrogen and oxygen atoms in total. The minimum Gasteiger partial charge on any atom is -0.507 e. The molecule has 0 bridgehead atoms. The van der Waals surface area contributed by atoms with E-state index in [1.54, 1.807) is 42.5 Å². The van der Waals surface area contributed by atoms with Gasteiger partial charge in [-0.15, -0.1) is 0 Å². The number of hydrogen-bond acceptors (Lipinski definition) is 5. The third-order valence-electron chi connectivity index (χ3n) is 5.73. The molecule has 3 aromatic carbocycles. The summed E-state index contributed by atoms with van der Waals surface area (Å²) >= 11 is 0. The molecular weight excluding hydrogens is 437 g/mol. The minimum atomic E-state index is -0.914. The van der Waals surface area contributed by atoms with E-state index in [0.29, 0.717) is 34.9 Å². The van der Waals surface area contributed by atoms with Crippen molar-refractivity contribution in [1.29, 1.82) is 0 Å². The van der Waals surface area contributed by atoms with E-state index in [1.165, 1.54) is 36.3 Å². The van der Waals surface area contributed by atoms with Gasteiger partial charge in [0.1, 0.15) is 23.1 Å². The maximum absolute atomic E-state index is 13.6. The van der Waals surface area contributed by atoms with E-state index < -0.39 is 23.5 Å². The van der Waals surface area contributed by atoms with Crippen molar-refractivity contribution in [2.24, 2.45) is 0 Å². The average molecular weight is 461 g/mol. The van der Waals surface area contributed by atoms with Crippen LogP contribution in [0.5, 0.6) is 11.5 Å². The maximum atomic E-state index is 13.6. The molecule has 1 amide bonds. The van der Waals surface area contributed by atoms with E-state index in [-0.39, 0.29) is 11.3 Å². The standard InChI is InChI=1S/C27H24FNO5/c1-4-34-22-14-7-18(15-16(22)2)25(30)23-24(17-5-12-21(33-3)13-6-17)29(27(32)26(23)31)20-10-8-19(28)9-11-20/h5-15,24,30H,4H2,1-3H3/b25-23-. The SMILES string of the molecule is CCOc1ccc(/C(O)=C2/C(=O)C(=O)N(c3ccc(F)cc3)C2c2ccc(OC)cc2)cc1C. The summed E-state index contributed by atoms with van der Waals surface area (Å²) in [7, 11) is 1.54. The van der Waals surface area contributed by atoms with Crippen LogP contribution in [-0.4, -0.2) is 30.5 Å². The molecule has 0 aliphatic carbocycles. The van der Waals surface area contributed by atoms with Gasteiger partial charge in [-0.1, -0.05) is 12.1 Å². The molecule has 0 spiro atoms. The lowest BCUT2D eigenvalue weighted by Gasteiger charge is -2.25. The third kappa shape index (κ3) is 4.12. The summed E-state index contributed by atoms with van der Waals surface area (Å²) in [5.41, 5.74) is 2.04. The van der Waals surface area contributed by atoms with Crippen molar-refractivity contribution >= 4 is 23.1 Å². The quantitative estimate of drug-likeness (QED) is 0.312. The zero-order valence-corrected chi connectivity index (χ0v) is 19.0. The van der Waals surface area contributed by atoms with E-state index in [0.717, 1.165) is 5.56 Å². The fraction of sp³-hybridized carbons (Fsp3) is 0.185. The van der Waals surface area contributed by atoms with Crippen LogP contribution < -0.4 is 14.4 Å². The lowest BCUT2D eigenvalue weighted by atomic mass is 9.94. The Morgan fingerprint density at radius 1 is 1.03 bits per heavy atom. The van der Waals surface area contributed by atoms with Crippen molar-refractivity contribution in [3.8, 4) is 11.5 Å². The molecule has 1 saturated heterocycles. The van der Waals surface area contributed by atoms with Crippen LogP contribution in [0.4, 0.5) is 10.1 Å². The molecule has 1 N–H and O–H groups in total. The highest BCUT2D eigenvalue weighted by Gasteiger charge is 2.47. The Bertz CT molecular complexity index is 1270. The molecule has 1 aliphatic heterocycles. The number of hydrogen-bond donors (Lipinski definition) is 1. The highest BCUT2D eigenvalue weighted by Crippen LogP contribution is 2.42. The van der Waals surface area contributed by atoms with Crippen molar-refractivity contribution in [1.82, 2.24) is 0 Å². The number of ether oxygens (including phenoxy) is 2. The first-order chi connectivity index (χ1) is 16.3. The monoisotopic (exact) mass is 461 g/mol. The number of aliphatic hydroxyl groups is 1. The number of methoxy groups -OCH3 is 1. The number of nitrogens with zero attached hydrogens (tertiary/aromatic N) is 1. The summed E-state index contributed by atoms with van der Waals surface area (Å²) in [4.78, 5) is 27.6. The van der Waals surface area contributed by atoms with E-state index in [9.17, 15) is 19.1 Å². The third-order valence-corrected chi connectivity index (χ3v) is 5.73. The van der Waals surface area contributed by atoms with Crippen molar-refractivity contribution < 1.29 is 28.6 Å². The number of anilines is 1. The van der Waals surface area contributed by atoms with Gasteiger partial charge in [-0.05, 0) is 79.6 Å². The van der Waals surface area contributed by atoms with Crippen LogP contribution in [0.15, 0.2) is 72.3 Å². The van der Waals surface area contributed by atoms with Crippen molar-refractivity contribution in [3.63, 3.8) is 0 Å². The smallest absolute Gasteiger partial charge is 0.300 e. The maximum Gasteiger partial charge on any atom is 0.300 e. The number of Topliss-reactive ketones (excluding diaryl/α,β-unsaturated/α-hetero) is 1. The van der Waals surface area contributed by atoms with Gasteiger partial charge in [-0.3, -0.25) is 14.5 Å². The second kappa shape index (κ2) is 9.39. The van der Waals surface area contributed by atoms with Gasteiger partial charge in [0.2, 0.25) is 0 Å².